The molecule has 3 aromatic heterocycles. The molecule has 0 N–H and O–H groups in total. The fraction of sp³-hybridized carbons (Fsp3) is 0.151. The van der Waals surface area contributed by atoms with Gasteiger partial charge in [-0.2, -0.15) is 5.26 Å². The van der Waals surface area contributed by atoms with E-state index in [-0.39, 0.29) is 53.5 Å². The maximum absolute atomic E-state index is 9.34. The summed E-state index contributed by atoms with van der Waals surface area (Å²) in [6.45, 7) is -1.82. The summed E-state index contributed by atoms with van der Waals surface area (Å²) >= 11 is 0. The minimum absolute atomic E-state index is 0. The fourth-order valence-corrected chi connectivity index (χ4v) is 6.88. The van der Waals surface area contributed by atoms with Gasteiger partial charge in [-0.05, 0) is 87.8 Å². The molecular weight excluding hydrogens is 887 g/mol. The minimum Gasteiger partial charge on any atom is -0.500 e. The third-order valence-corrected chi connectivity index (χ3v) is 9.52. The number of rotatable bonds is 5. The summed E-state index contributed by atoms with van der Waals surface area (Å²) < 4.78 is 95.2. The van der Waals surface area contributed by atoms with Gasteiger partial charge in [0.2, 0.25) is 0 Å². The molecule has 0 amide bonds. The van der Waals surface area contributed by atoms with E-state index in [9.17, 15) is 5.26 Å². The Kier molecular flexibility index (Phi) is 8.15. The van der Waals surface area contributed by atoms with Crippen LogP contribution in [0.25, 0.3) is 77.5 Å². The van der Waals surface area contributed by atoms with Crippen LogP contribution in [0.4, 0.5) is 0 Å². The van der Waals surface area contributed by atoms with Crippen molar-refractivity contribution in [2.75, 3.05) is 0 Å². The largest absolute Gasteiger partial charge is 0.500 e. The van der Waals surface area contributed by atoms with Crippen molar-refractivity contribution in [3.63, 3.8) is 0 Å². The van der Waals surface area contributed by atoms with Gasteiger partial charge in [-0.1, -0.05) is 135 Å². The summed E-state index contributed by atoms with van der Waals surface area (Å²) in [6.07, 6.45) is 1.28. The zero-order chi connectivity index (χ0) is 49.0. The Bertz CT molecular complexity index is 3380. The van der Waals surface area contributed by atoms with E-state index < -0.39 is 32.3 Å². The van der Waals surface area contributed by atoms with Gasteiger partial charge in [-0.15, -0.1) is 47.5 Å². The van der Waals surface area contributed by atoms with Crippen LogP contribution in [0, 0.1) is 49.4 Å². The molecule has 58 heavy (non-hydrogen) atoms. The fourth-order valence-electron chi connectivity index (χ4n) is 6.88. The molecule has 0 atom stereocenters. The average Bonchev–Trinajstić information content (AvgIpc) is 3.70. The van der Waals surface area contributed by atoms with Crippen molar-refractivity contribution >= 4 is 32.7 Å². The molecule has 9 aromatic rings. The third-order valence-electron chi connectivity index (χ3n) is 9.52. The van der Waals surface area contributed by atoms with E-state index in [1.165, 1.54) is 30.5 Å². The average molecular weight is 941 g/mol. The van der Waals surface area contributed by atoms with Crippen LogP contribution in [0.5, 0.6) is 0 Å². The maximum atomic E-state index is 9.34. The monoisotopic (exact) mass is 941 g/mol. The molecule has 287 valence electrons. The Balaban J connectivity index is 0.000000210. The normalized spacial score (nSPS) is 14.9. The molecule has 6 aromatic carbocycles. The van der Waals surface area contributed by atoms with Crippen LogP contribution in [0.15, 0.2) is 144 Å². The number of benzene rings is 6. The van der Waals surface area contributed by atoms with Crippen LogP contribution in [0.1, 0.15) is 63.7 Å². The second-order valence-corrected chi connectivity index (χ2v) is 14.7. The Morgan fingerprint density at radius 3 is 2.22 bits per heavy atom. The molecule has 0 aliphatic rings. The number of pyridine rings is 2. The molecule has 5 heteroatoms. The predicted octanol–water partition coefficient (Wildman–Crippen LogP) is 13.9. The quantitative estimate of drug-likeness (QED) is 0.161. The summed E-state index contributed by atoms with van der Waals surface area (Å²) in [5.41, 5.74) is 5.44. The Hall–Kier alpha value is -6.18. The molecule has 0 unspecified atom stereocenters. The van der Waals surface area contributed by atoms with Gasteiger partial charge in [0, 0.05) is 58.3 Å². The van der Waals surface area contributed by atoms with Crippen molar-refractivity contribution < 1.29 is 39.6 Å². The van der Waals surface area contributed by atoms with Crippen molar-refractivity contribution in [1.82, 2.24) is 9.97 Å². The summed E-state index contributed by atoms with van der Waals surface area (Å²) in [5, 5.41) is 13.1. The number of hydrogen-bond acceptors (Lipinski definition) is 4. The summed E-state index contributed by atoms with van der Waals surface area (Å²) in [6, 6.07) is 45.8. The molecule has 0 spiro atoms. The van der Waals surface area contributed by atoms with Gasteiger partial charge in [0.1, 0.15) is 5.58 Å². The van der Waals surface area contributed by atoms with Gasteiger partial charge in [0.15, 0.2) is 0 Å². The Morgan fingerprint density at radius 2 is 1.47 bits per heavy atom. The van der Waals surface area contributed by atoms with Crippen LogP contribution in [-0.4, -0.2) is 9.97 Å². The zero-order valence-corrected chi connectivity index (χ0v) is 34.3. The van der Waals surface area contributed by atoms with E-state index in [1.54, 1.807) is 36.5 Å². The van der Waals surface area contributed by atoms with Gasteiger partial charge in [0.05, 0.1) is 17.2 Å². The molecule has 0 saturated heterocycles. The number of fused-ring (bicyclic) bond motifs is 5. The first-order valence-corrected chi connectivity index (χ1v) is 18.4. The molecule has 9 rings (SSSR count). The molecule has 0 aliphatic heterocycles. The number of aryl methyl sites for hydroxylation is 3. The van der Waals surface area contributed by atoms with Crippen molar-refractivity contribution in [3.8, 4) is 50.8 Å². The van der Waals surface area contributed by atoms with E-state index in [2.05, 4.69) is 22.1 Å². The minimum atomic E-state index is -2.58. The number of furan rings is 1. The van der Waals surface area contributed by atoms with Crippen LogP contribution in [0.3, 0.4) is 0 Å². The summed E-state index contributed by atoms with van der Waals surface area (Å²) in [4.78, 5) is 8.91. The maximum Gasteiger partial charge on any atom is 0.128 e. The second kappa shape index (κ2) is 16.7. The first-order valence-electron chi connectivity index (χ1n) is 23.9. The van der Waals surface area contributed by atoms with Crippen LogP contribution < -0.4 is 0 Å². The second-order valence-electron chi connectivity index (χ2n) is 14.7. The molecule has 0 saturated carbocycles. The van der Waals surface area contributed by atoms with Gasteiger partial charge in [-0.25, -0.2) is 0 Å². The van der Waals surface area contributed by atoms with Crippen molar-refractivity contribution in [2.24, 2.45) is 5.41 Å². The standard InChI is InChI=1S/C30H19N2O.C23H24N.Ir/c1-18-14-20(16-31)10-12-22(18)27-15-28(32-17-19(27)2)26-9-5-8-24-25-13-11-21-6-3-4-7-23(21)29(25)33-30(24)26;1-17-10-12-20(14-21(17)19-8-6-5-7-9-19)22-13-11-18(16-24-22)15-23(2,3)4;/h3-8,10-15,17H,1-2H3;5-11,13-14,16H,15H2,1-4H3;/q2*-1;/i1D3,2D3;1D3,15D2;. The van der Waals surface area contributed by atoms with Gasteiger partial charge >= 0.3 is 0 Å². The summed E-state index contributed by atoms with van der Waals surface area (Å²) in [5.74, 6) is 0. The van der Waals surface area contributed by atoms with Crippen LogP contribution in [0.2, 0.25) is 0 Å². The SMILES string of the molecule is [2H]C([2H])([2H])c1c[c-]c(-c2ccc(C([2H])([2H])C(C)(C)C)cn2)cc1-c1ccccc1.[2H]C([2H])([2H])c1cnc(-c2[c-]ccc3c2oc2c4ccccc4ccc32)cc1-c1ccc(C#N)cc1C([2H])([2H])[2H].[Ir]. The van der Waals surface area contributed by atoms with E-state index >= 15 is 0 Å². The number of nitriles is 1. The third kappa shape index (κ3) is 8.27. The number of hydrogen-bond donors (Lipinski definition) is 0. The smallest absolute Gasteiger partial charge is 0.128 e. The molecule has 4 nitrogen and oxygen atoms in total. The van der Waals surface area contributed by atoms with Crippen molar-refractivity contribution in [3.05, 3.63) is 180 Å². The van der Waals surface area contributed by atoms with Crippen LogP contribution >= 0.6 is 0 Å². The van der Waals surface area contributed by atoms with Crippen LogP contribution in [-0.2, 0) is 26.5 Å². The molecule has 1 radical (unpaired) electrons. The van der Waals surface area contributed by atoms with Gasteiger partial charge in [-0.3, -0.25) is 0 Å². The molecule has 0 aliphatic carbocycles. The van der Waals surface area contributed by atoms with E-state index in [1.807, 2.05) is 99.6 Å². The summed E-state index contributed by atoms with van der Waals surface area (Å²) in [7, 11) is 0. The first kappa shape index (κ1) is 28.3. The molecule has 0 fully saturated rings. The number of aromatic nitrogens is 2. The van der Waals surface area contributed by atoms with Crippen molar-refractivity contribution in [1.29, 1.82) is 5.26 Å². The predicted molar refractivity (Wildman–Crippen MR) is 235 cm³/mol. The van der Waals surface area contributed by atoms with E-state index in [0.717, 1.165) is 32.7 Å². The zero-order valence-electron chi connectivity index (χ0n) is 42.9. The van der Waals surface area contributed by atoms with Gasteiger partial charge < -0.3 is 14.4 Å². The Morgan fingerprint density at radius 1 is 0.690 bits per heavy atom. The van der Waals surface area contributed by atoms with E-state index in [0.29, 0.717) is 39.2 Å². The number of nitrogens with zero attached hydrogens (tertiary/aromatic N) is 3. The molecule has 3 heterocycles. The molecular formula is C53H43IrN3O-2. The topological polar surface area (TPSA) is 62.7 Å². The van der Waals surface area contributed by atoms with Gasteiger partial charge in [0.25, 0.3) is 0 Å². The van der Waals surface area contributed by atoms with E-state index in [4.69, 9.17) is 19.5 Å². The molecule has 0 bridgehead atoms. The Labute approximate surface area is 370 Å². The first-order chi connectivity index (χ1) is 32.0. The van der Waals surface area contributed by atoms with Crippen molar-refractivity contribution in [2.45, 2.75) is 47.7 Å².